The van der Waals surface area contributed by atoms with Crippen molar-refractivity contribution in [3.05, 3.63) is 44.7 Å². The van der Waals surface area contributed by atoms with E-state index in [1.807, 2.05) is 18.3 Å². The molecule has 2 aromatic rings. The van der Waals surface area contributed by atoms with E-state index >= 15 is 0 Å². The second-order valence-corrected chi connectivity index (χ2v) is 6.59. The molecule has 1 N–H and O–H groups in total. The topological polar surface area (TPSA) is 33.1 Å². The van der Waals surface area contributed by atoms with Gasteiger partial charge in [0, 0.05) is 38.7 Å². The van der Waals surface area contributed by atoms with Gasteiger partial charge in [-0.05, 0) is 34.1 Å². The Morgan fingerprint density at radius 3 is 3.05 bits per heavy atom. The van der Waals surface area contributed by atoms with Crippen molar-refractivity contribution in [3.8, 4) is 11.8 Å². The molecule has 2 aromatic heterocycles. The minimum Gasteiger partial charge on any atom is -0.395 e. The van der Waals surface area contributed by atoms with Crippen LogP contribution in [0.3, 0.4) is 0 Å². The fourth-order valence-corrected chi connectivity index (χ4v) is 3.28. The van der Waals surface area contributed by atoms with Gasteiger partial charge in [-0.2, -0.15) is 0 Å². The van der Waals surface area contributed by atoms with Gasteiger partial charge in [-0.1, -0.05) is 11.8 Å². The highest BCUT2D eigenvalue weighted by Gasteiger charge is 2.01. The predicted molar refractivity (Wildman–Crippen MR) is 84.4 cm³/mol. The fraction of sp³-hybridized carbons (Fsp3) is 0.214. The monoisotopic (exact) mass is 353 g/mol. The minimum absolute atomic E-state index is 0.120. The highest BCUT2D eigenvalue weighted by molar-refractivity contribution is 9.10. The van der Waals surface area contributed by atoms with Crippen LogP contribution in [-0.4, -0.2) is 16.7 Å². The van der Waals surface area contributed by atoms with E-state index in [0.717, 1.165) is 20.8 Å². The molecule has 0 radical (unpaired) electrons. The van der Waals surface area contributed by atoms with Gasteiger partial charge in [-0.25, -0.2) is 4.98 Å². The van der Waals surface area contributed by atoms with Crippen LogP contribution < -0.4 is 0 Å². The average molecular weight is 354 g/mol. The number of halogens is 1. The molecule has 98 valence electrons. The van der Waals surface area contributed by atoms with Crippen LogP contribution >= 0.6 is 39.0 Å². The van der Waals surface area contributed by atoms with E-state index in [0.29, 0.717) is 6.42 Å². The summed E-state index contributed by atoms with van der Waals surface area (Å²) in [6, 6.07) is 6.10. The number of thioether (sulfide) groups is 1. The number of aromatic nitrogens is 1. The lowest BCUT2D eigenvalue weighted by Gasteiger charge is -1.98. The molecule has 2 nitrogen and oxygen atoms in total. The van der Waals surface area contributed by atoms with Gasteiger partial charge in [0.15, 0.2) is 0 Å². The zero-order valence-corrected chi connectivity index (χ0v) is 13.3. The van der Waals surface area contributed by atoms with Crippen molar-refractivity contribution in [2.75, 3.05) is 6.61 Å². The number of aliphatic hydroxyl groups is 1. The molecule has 0 aliphatic rings. The molecule has 0 aliphatic carbocycles. The highest BCUT2D eigenvalue weighted by Crippen LogP contribution is 2.25. The van der Waals surface area contributed by atoms with Gasteiger partial charge in [0.05, 0.1) is 11.6 Å². The molecule has 19 heavy (non-hydrogen) atoms. The maximum Gasteiger partial charge on any atom is 0.0964 e. The van der Waals surface area contributed by atoms with E-state index in [2.05, 4.69) is 44.2 Å². The fourth-order valence-electron chi connectivity index (χ4n) is 1.34. The number of aliphatic hydroxyl groups excluding tert-OH is 1. The van der Waals surface area contributed by atoms with Gasteiger partial charge >= 0.3 is 0 Å². The third-order valence-corrected chi connectivity index (χ3v) is 4.77. The molecule has 0 amide bonds. The van der Waals surface area contributed by atoms with E-state index in [-0.39, 0.29) is 6.61 Å². The summed E-state index contributed by atoms with van der Waals surface area (Å²) in [5.74, 6) is 6.87. The Labute approximate surface area is 129 Å². The van der Waals surface area contributed by atoms with Gasteiger partial charge in [-0.15, -0.1) is 23.1 Å². The summed E-state index contributed by atoms with van der Waals surface area (Å²) < 4.78 is 0.995. The normalized spacial score (nSPS) is 10.0. The molecular formula is C14H12BrNOS2. The van der Waals surface area contributed by atoms with Crippen molar-refractivity contribution in [3.63, 3.8) is 0 Å². The van der Waals surface area contributed by atoms with E-state index in [4.69, 9.17) is 5.11 Å². The molecule has 2 heterocycles. The zero-order valence-electron chi connectivity index (χ0n) is 10.1. The number of thiophene rings is 1. The molecule has 0 aromatic carbocycles. The first-order chi connectivity index (χ1) is 9.28. The number of pyridine rings is 1. The van der Waals surface area contributed by atoms with Crippen LogP contribution in [0.4, 0.5) is 0 Å². The van der Waals surface area contributed by atoms with E-state index in [1.54, 1.807) is 23.1 Å². The lowest BCUT2D eigenvalue weighted by Crippen LogP contribution is -1.80. The van der Waals surface area contributed by atoms with E-state index in [1.165, 1.54) is 4.88 Å². The Morgan fingerprint density at radius 2 is 2.32 bits per heavy atom. The Kier molecular flexibility index (Phi) is 5.93. The SMILES string of the molecule is OCCC#Cc1csc(CSc2ccc(Br)cn2)c1. The number of nitrogens with zero attached hydrogens (tertiary/aromatic N) is 1. The summed E-state index contributed by atoms with van der Waals surface area (Å²) in [6.45, 7) is 0.120. The minimum atomic E-state index is 0.120. The van der Waals surface area contributed by atoms with Crippen molar-refractivity contribution in [2.24, 2.45) is 0 Å². The van der Waals surface area contributed by atoms with Gasteiger partial charge < -0.3 is 5.11 Å². The third kappa shape index (κ3) is 5.00. The predicted octanol–water partition coefficient (Wildman–Crippen LogP) is 3.93. The number of hydrogen-bond donors (Lipinski definition) is 1. The molecule has 2 rings (SSSR count). The summed E-state index contributed by atoms with van der Waals surface area (Å²) >= 11 is 6.79. The molecule has 5 heteroatoms. The summed E-state index contributed by atoms with van der Waals surface area (Å²) in [5.41, 5.74) is 1.03. The maximum absolute atomic E-state index is 8.67. The highest BCUT2D eigenvalue weighted by atomic mass is 79.9. The van der Waals surface area contributed by atoms with Gasteiger partial charge in [0.1, 0.15) is 0 Å². The number of hydrogen-bond acceptors (Lipinski definition) is 4. The Hall–Kier alpha value is -0.800. The van der Waals surface area contributed by atoms with E-state index < -0.39 is 0 Å². The lowest BCUT2D eigenvalue weighted by atomic mass is 10.3. The molecule has 0 unspecified atom stereocenters. The zero-order chi connectivity index (χ0) is 13.5. The molecule has 0 atom stereocenters. The molecule has 0 saturated heterocycles. The van der Waals surface area contributed by atoms with Crippen LogP contribution in [-0.2, 0) is 5.75 Å². The number of rotatable bonds is 4. The first kappa shape index (κ1) is 14.6. The van der Waals surface area contributed by atoms with Crippen molar-refractivity contribution in [2.45, 2.75) is 17.2 Å². The van der Waals surface area contributed by atoms with Crippen LogP contribution in [0.15, 0.2) is 39.3 Å². The maximum atomic E-state index is 8.67. The van der Waals surface area contributed by atoms with Crippen molar-refractivity contribution >= 4 is 39.0 Å². The molecule has 0 fully saturated rings. The summed E-state index contributed by atoms with van der Waals surface area (Å²) in [5, 5.41) is 11.7. The van der Waals surface area contributed by atoms with Gasteiger partial charge in [0.2, 0.25) is 0 Å². The summed E-state index contributed by atoms with van der Waals surface area (Å²) in [4.78, 5) is 5.61. The van der Waals surface area contributed by atoms with Crippen LogP contribution in [0, 0.1) is 11.8 Å². The second kappa shape index (κ2) is 7.71. The van der Waals surface area contributed by atoms with Crippen LogP contribution in [0.5, 0.6) is 0 Å². The largest absolute Gasteiger partial charge is 0.395 e. The molecule has 0 bridgehead atoms. The Morgan fingerprint density at radius 1 is 1.42 bits per heavy atom. The summed E-state index contributed by atoms with van der Waals surface area (Å²) in [6.07, 6.45) is 2.34. The lowest BCUT2D eigenvalue weighted by molar-refractivity contribution is 0.305. The molecule has 0 saturated carbocycles. The van der Waals surface area contributed by atoms with Gasteiger partial charge in [0.25, 0.3) is 0 Å². The molecule has 0 spiro atoms. The van der Waals surface area contributed by atoms with Crippen molar-refractivity contribution < 1.29 is 5.11 Å². The quantitative estimate of drug-likeness (QED) is 0.667. The first-order valence-electron chi connectivity index (χ1n) is 5.69. The van der Waals surface area contributed by atoms with Crippen LogP contribution in [0.1, 0.15) is 16.9 Å². The van der Waals surface area contributed by atoms with Gasteiger partial charge in [-0.3, -0.25) is 0 Å². The van der Waals surface area contributed by atoms with Crippen molar-refractivity contribution in [1.82, 2.24) is 4.98 Å². The first-order valence-corrected chi connectivity index (χ1v) is 8.35. The van der Waals surface area contributed by atoms with E-state index in [9.17, 15) is 0 Å². The standard InChI is InChI=1S/C14H12BrNOS2/c15-12-4-5-14(16-8-12)19-10-13-7-11(9-18-13)3-1-2-6-17/h4-5,7-9,17H,2,6,10H2. The molecular weight excluding hydrogens is 342 g/mol. The Bertz CT molecular complexity index is 583. The van der Waals surface area contributed by atoms with Crippen LogP contribution in [0.2, 0.25) is 0 Å². The Balaban J connectivity index is 1.90. The average Bonchev–Trinajstić information content (AvgIpc) is 2.86. The third-order valence-electron chi connectivity index (χ3n) is 2.19. The summed E-state index contributed by atoms with van der Waals surface area (Å²) in [7, 11) is 0. The smallest absolute Gasteiger partial charge is 0.0964 e. The van der Waals surface area contributed by atoms with Crippen LogP contribution in [0.25, 0.3) is 0 Å². The molecule has 0 aliphatic heterocycles. The second-order valence-electron chi connectivity index (χ2n) is 3.68. The van der Waals surface area contributed by atoms with Crippen molar-refractivity contribution in [1.29, 1.82) is 0 Å².